The molecule has 1 aliphatic rings. The average Bonchev–Trinajstić information content (AvgIpc) is 2.38. The van der Waals surface area contributed by atoms with Crippen LogP contribution in [0.5, 0.6) is 0 Å². The molecule has 2 atom stereocenters. The lowest BCUT2D eigenvalue weighted by Gasteiger charge is -2.38. The summed E-state index contributed by atoms with van der Waals surface area (Å²) in [5.74, 6) is -0.193. The molecule has 0 amide bonds. The summed E-state index contributed by atoms with van der Waals surface area (Å²) in [6.45, 7) is 6.44. The van der Waals surface area contributed by atoms with Crippen LogP contribution < -0.4 is 5.73 Å². The highest BCUT2D eigenvalue weighted by Gasteiger charge is 2.22. The lowest BCUT2D eigenvalue weighted by molar-refractivity contribution is 0.0972. The Morgan fingerprint density at radius 3 is 2.79 bits per heavy atom. The fourth-order valence-corrected chi connectivity index (χ4v) is 2.75. The first-order valence-electron chi connectivity index (χ1n) is 7.00. The topological polar surface area (TPSA) is 32.5 Å². The van der Waals surface area contributed by atoms with E-state index in [1.165, 1.54) is 6.07 Å². The molecule has 0 radical (unpaired) electrons. The molecule has 19 heavy (non-hydrogen) atoms. The number of nitrogens with zero attached hydrogens (tertiary/aromatic N) is 2. The smallest absolute Gasteiger partial charge is 0.127 e. The Morgan fingerprint density at radius 2 is 2.11 bits per heavy atom. The molecule has 0 bridgehead atoms. The third-order valence-corrected chi connectivity index (χ3v) is 4.00. The van der Waals surface area contributed by atoms with E-state index in [0.717, 1.165) is 32.6 Å². The Bertz CT molecular complexity index is 410. The van der Waals surface area contributed by atoms with Crippen LogP contribution in [0.3, 0.4) is 0 Å². The molecule has 0 aromatic heterocycles. The largest absolute Gasteiger partial charge is 0.324 e. The molecule has 106 valence electrons. The number of rotatable bonds is 4. The molecule has 4 heteroatoms. The molecular formula is C15H24FN3. The molecule has 1 saturated heterocycles. The van der Waals surface area contributed by atoms with Gasteiger partial charge in [-0.05, 0) is 26.5 Å². The highest BCUT2D eigenvalue weighted by Crippen LogP contribution is 2.19. The van der Waals surface area contributed by atoms with Crippen LogP contribution in [0.25, 0.3) is 0 Å². The maximum atomic E-state index is 13.6. The van der Waals surface area contributed by atoms with Crippen molar-refractivity contribution < 1.29 is 4.39 Å². The van der Waals surface area contributed by atoms with Gasteiger partial charge in [-0.2, -0.15) is 0 Å². The second kappa shape index (κ2) is 6.46. The van der Waals surface area contributed by atoms with E-state index in [9.17, 15) is 4.39 Å². The number of hydrogen-bond donors (Lipinski definition) is 1. The van der Waals surface area contributed by atoms with Gasteiger partial charge in [0.15, 0.2) is 0 Å². The molecule has 1 heterocycles. The Hall–Kier alpha value is -0.970. The fraction of sp³-hybridized carbons (Fsp3) is 0.600. The van der Waals surface area contributed by atoms with E-state index in [1.807, 2.05) is 6.07 Å². The van der Waals surface area contributed by atoms with Gasteiger partial charge in [0.2, 0.25) is 0 Å². The SMILES string of the molecule is CC1CN(C)CCN1CCC(N)c1ccccc1F. The van der Waals surface area contributed by atoms with Crippen molar-refractivity contribution in [3.05, 3.63) is 35.6 Å². The van der Waals surface area contributed by atoms with E-state index in [4.69, 9.17) is 5.73 Å². The van der Waals surface area contributed by atoms with Crippen molar-refractivity contribution in [3.63, 3.8) is 0 Å². The minimum atomic E-state index is -0.215. The van der Waals surface area contributed by atoms with Crippen LogP contribution in [0, 0.1) is 5.82 Å². The number of benzene rings is 1. The number of halogens is 1. The second-order valence-corrected chi connectivity index (χ2v) is 5.56. The van der Waals surface area contributed by atoms with Crippen LogP contribution in [-0.2, 0) is 0 Å². The van der Waals surface area contributed by atoms with E-state index in [2.05, 4.69) is 23.8 Å². The van der Waals surface area contributed by atoms with Gasteiger partial charge in [0, 0.05) is 43.8 Å². The zero-order valence-corrected chi connectivity index (χ0v) is 11.8. The van der Waals surface area contributed by atoms with Crippen LogP contribution in [0.2, 0.25) is 0 Å². The summed E-state index contributed by atoms with van der Waals surface area (Å²) in [5, 5.41) is 0. The summed E-state index contributed by atoms with van der Waals surface area (Å²) in [4.78, 5) is 4.79. The summed E-state index contributed by atoms with van der Waals surface area (Å²) in [7, 11) is 2.15. The van der Waals surface area contributed by atoms with Gasteiger partial charge in [-0.3, -0.25) is 4.90 Å². The first-order valence-corrected chi connectivity index (χ1v) is 7.00. The predicted molar refractivity (Wildman–Crippen MR) is 76.5 cm³/mol. The standard InChI is InChI=1S/C15H24FN3/c1-12-11-18(2)9-10-19(12)8-7-15(17)13-5-3-4-6-14(13)16/h3-6,12,15H,7-11,17H2,1-2H3. The number of hydrogen-bond acceptors (Lipinski definition) is 3. The van der Waals surface area contributed by atoms with Gasteiger partial charge >= 0.3 is 0 Å². The van der Waals surface area contributed by atoms with Crippen LogP contribution >= 0.6 is 0 Å². The first kappa shape index (κ1) is 14.4. The van der Waals surface area contributed by atoms with E-state index < -0.39 is 0 Å². The van der Waals surface area contributed by atoms with E-state index in [-0.39, 0.29) is 11.9 Å². The van der Waals surface area contributed by atoms with E-state index in [0.29, 0.717) is 11.6 Å². The maximum Gasteiger partial charge on any atom is 0.127 e. The summed E-state index contributed by atoms with van der Waals surface area (Å²) in [6, 6.07) is 7.14. The molecule has 1 aromatic carbocycles. The van der Waals surface area contributed by atoms with Crippen molar-refractivity contribution in [1.29, 1.82) is 0 Å². The summed E-state index contributed by atoms with van der Waals surface area (Å²) in [6.07, 6.45) is 0.801. The Labute approximate surface area is 115 Å². The van der Waals surface area contributed by atoms with Gasteiger partial charge in [-0.15, -0.1) is 0 Å². The summed E-state index contributed by atoms with van der Waals surface area (Å²) < 4.78 is 13.6. The molecule has 2 unspecified atom stereocenters. The monoisotopic (exact) mass is 265 g/mol. The summed E-state index contributed by atoms with van der Waals surface area (Å²) in [5.41, 5.74) is 6.74. The van der Waals surface area contributed by atoms with Crippen molar-refractivity contribution in [2.24, 2.45) is 5.73 Å². The average molecular weight is 265 g/mol. The third kappa shape index (κ3) is 3.75. The van der Waals surface area contributed by atoms with Gasteiger partial charge in [0.25, 0.3) is 0 Å². The third-order valence-electron chi connectivity index (χ3n) is 4.00. The zero-order valence-electron chi connectivity index (χ0n) is 11.8. The van der Waals surface area contributed by atoms with Crippen LogP contribution in [0.1, 0.15) is 24.9 Å². The predicted octanol–water partition coefficient (Wildman–Crippen LogP) is 1.85. The van der Waals surface area contributed by atoms with Gasteiger partial charge in [-0.1, -0.05) is 18.2 Å². The normalized spacial score (nSPS) is 23.5. The van der Waals surface area contributed by atoms with Crippen molar-refractivity contribution in [2.75, 3.05) is 33.2 Å². The molecule has 1 fully saturated rings. The van der Waals surface area contributed by atoms with Crippen LogP contribution in [-0.4, -0.2) is 49.1 Å². The van der Waals surface area contributed by atoms with Gasteiger partial charge in [-0.25, -0.2) is 4.39 Å². The van der Waals surface area contributed by atoms with Gasteiger partial charge in [0.05, 0.1) is 0 Å². The maximum absolute atomic E-state index is 13.6. The van der Waals surface area contributed by atoms with Crippen molar-refractivity contribution in [3.8, 4) is 0 Å². The Morgan fingerprint density at radius 1 is 1.37 bits per heavy atom. The molecule has 1 aliphatic heterocycles. The molecule has 2 rings (SSSR count). The molecule has 1 aromatic rings. The van der Waals surface area contributed by atoms with Gasteiger partial charge < -0.3 is 10.6 Å². The second-order valence-electron chi connectivity index (χ2n) is 5.56. The number of piperazine rings is 1. The van der Waals surface area contributed by atoms with Crippen molar-refractivity contribution in [2.45, 2.75) is 25.4 Å². The molecule has 3 nitrogen and oxygen atoms in total. The number of nitrogens with two attached hydrogens (primary N) is 1. The molecular weight excluding hydrogens is 241 g/mol. The van der Waals surface area contributed by atoms with Gasteiger partial charge in [0.1, 0.15) is 5.82 Å². The zero-order chi connectivity index (χ0) is 13.8. The van der Waals surface area contributed by atoms with Crippen molar-refractivity contribution in [1.82, 2.24) is 9.80 Å². The number of likely N-dealkylation sites (N-methyl/N-ethyl adjacent to an activating group) is 1. The Balaban J connectivity index is 1.87. The fourth-order valence-electron chi connectivity index (χ4n) is 2.75. The summed E-state index contributed by atoms with van der Waals surface area (Å²) >= 11 is 0. The van der Waals surface area contributed by atoms with E-state index in [1.54, 1.807) is 12.1 Å². The lowest BCUT2D eigenvalue weighted by Crippen LogP contribution is -2.50. The first-order chi connectivity index (χ1) is 9.08. The molecule has 0 aliphatic carbocycles. The van der Waals surface area contributed by atoms with Crippen molar-refractivity contribution >= 4 is 0 Å². The van der Waals surface area contributed by atoms with Crippen LogP contribution in [0.4, 0.5) is 4.39 Å². The molecule has 2 N–H and O–H groups in total. The minimum absolute atomic E-state index is 0.193. The minimum Gasteiger partial charge on any atom is -0.324 e. The van der Waals surface area contributed by atoms with Crippen LogP contribution in [0.15, 0.2) is 24.3 Å². The van der Waals surface area contributed by atoms with E-state index >= 15 is 0 Å². The quantitative estimate of drug-likeness (QED) is 0.902. The highest BCUT2D eigenvalue weighted by molar-refractivity contribution is 5.20. The Kier molecular flexibility index (Phi) is 4.91. The molecule has 0 spiro atoms. The lowest BCUT2D eigenvalue weighted by atomic mass is 10.0. The highest BCUT2D eigenvalue weighted by atomic mass is 19.1. The molecule has 0 saturated carbocycles.